The lowest BCUT2D eigenvalue weighted by molar-refractivity contribution is -0.119. The number of nitrogens with one attached hydrogen (secondary N) is 1. The molecule has 1 N–H and O–H groups in total. The Morgan fingerprint density at radius 1 is 1.00 bits per heavy atom. The summed E-state index contributed by atoms with van der Waals surface area (Å²) in [6.45, 7) is 0. The van der Waals surface area contributed by atoms with Gasteiger partial charge in [-0.05, 0) is 11.6 Å². The first-order valence-electron chi connectivity index (χ1n) is 8.49. The van der Waals surface area contributed by atoms with Crippen molar-refractivity contribution < 1.29 is 4.79 Å². The molecule has 1 aliphatic rings. The molecular weight excluding hydrogens is 344 g/mol. The lowest BCUT2D eigenvalue weighted by Gasteiger charge is -2.14. The molecular formula is C19H14N6O2. The summed E-state index contributed by atoms with van der Waals surface area (Å²) in [5.41, 5.74) is 2.03. The second-order valence-electron chi connectivity index (χ2n) is 6.32. The summed E-state index contributed by atoms with van der Waals surface area (Å²) < 4.78 is 1.55. The Kier molecular flexibility index (Phi) is 3.36. The zero-order valence-corrected chi connectivity index (χ0v) is 14.1. The first kappa shape index (κ1) is 15.4. The van der Waals surface area contributed by atoms with Crippen LogP contribution in [0, 0.1) is 0 Å². The predicted molar refractivity (Wildman–Crippen MR) is 99.4 cm³/mol. The van der Waals surface area contributed by atoms with E-state index in [4.69, 9.17) is 0 Å². The van der Waals surface area contributed by atoms with Gasteiger partial charge in [0.15, 0.2) is 11.5 Å². The van der Waals surface area contributed by atoms with E-state index in [-0.39, 0.29) is 5.56 Å². The van der Waals surface area contributed by atoms with Crippen LogP contribution < -0.4 is 5.56 Å². The highest BCUT2D eigenvalue weighted by Gasteiger charge is 2.33. The van der Waals surface area contributed by atoms with E-state index in [9.17, 15) is 9.59 Å². The molecule has 1 amide bonds. The molecule has 4 aromatic rings. The van der Waals surface area contributed by atoms with Gasteiger partial charge in [0.1, 0.15) is 6.04 Å². The minimum atomic E-state index is -0.440. The number of carbonyl (C=O) groups excluding carboxylic acids is 1. The van der Waals surface area contributed by atoms with Crippen LogP contribution in [-0.2, 0) is 4.79 Å². The molecule has 8 heteroatoms. The van der Waals surface area contributed by atoms with Crippen molar-refractivity contribution in [3.05, 3.63) is 76.3 Å². The van der Waals surface area contributed by atoms with Gasteiger partial charge >= 0.3 is 0 Å². The molecule has 2 aromatic carbocycles. The summed E-state index contributed by atoms with van der Waals surface area (Å²) in [6, 6.07) is 16.4. The zero-order valence-electron chi connectivity index (χ0n) is 14.1. The van der Waals surface area contributed by atoms with E-state index in [0.29, 0.717) is 35.1 Å². The maximum absolute atomic E-state index is 12.5. The Morgan fingerprint density at radius 2 is 1.74 bits per heavy atom. The number of benzene rings is 2. The second-order valence-corrected chi connectivity index (χ2v) is 6.32. The number of H-pyrrole nitrogens is 1. The van der Waals surface area contributed by atoms with Gasteiger partial charge in [-0.25, -0.2) is 9.52 Å². The van der Waals surface area contributed by atoms with Gasteiger partial charge in [0, 0.05) is 11.8 Å². The smallest absolute Gasteiger partial charge is 0.270 e. The average molecular weight is 358 g/mol. The number of nitrogens with zero attached hydrogens (tertiary/aromatic N) is 5. The third kappa shape index (κ3) is 2.34. The molecule has 0 bridgehead atoms. The van der Waals surface area contributed by atoms with Gasteiger partial charge in [0.25, 0.3) is 5.56 Å². The number of amides is 1. The molecule has 1 unspecified atom stereocenters. The monoisotopic (exact) mass is 358 g/mol. The lowest BCUT2D eigenvalue weighted by Crippen LogP contribution is -2.22. The third-order valence-corrected chi connectivity index (χ3v) is 4.77. The van der Waals surface area contributed by atoms with Crippen molar-refractivity contribution >= 4 is 28.5 Å². The van der Waals surface area contributed by atoms with Gasteiger partial charge in [0.2, 0.25) is 6.41 Å². The second kappa shape index (κ2) is 5.87. The van der Waals surface area contributed by atoms with Crippen molar-refractivity contribution in [2.75, 3.05) is 0 Å². The van der Waals surface area contributed by atoms with Crippen molar-refractivity contribution in [2.45, 2.75) is 12.5 Å². The molecule has 2 aromatic heterocycles. The summed E-state index contributed by atoms with van der Waals surface area (Å²) in [4.78, 5) is 24.0. The van der Waals surface area contributed by atoms with Gasteiger partial charge in [-0.15, -0.1) is 10.2 Å². The largest absolute Gasteiger partial charge is 0.277 e. The summed E-state index contributed by atoms with van der Waals surface area (Å²) >= 11 is 0. The van der Waals surface area contributed by atoms with E-state index >= 15 is 0 Å². The Balaban J connectivity index is 1.64. The van der Waals surface area contributed by atoms with Gasteiger partial charge in [-0.1, -0.05) is 48.5 Å². The van der Waals surface area contributed by atoms with Crippen LogP contribution in [0.2, 0.25) is 0 Å². The topological polar surface area (TPSA) is 95.7 Å². The molecule has 3 heterocycles. The number of carbonyl (C=O) groups is 1. The fourth-order valence-corrected chi connectivity index (χ4v) is 3.47. The van der Waals surface area contributed by atoms with Crippen LogP contribution in [0.3, 0.4) is 0 Å². The minimum Gasteiger partial charge on any atom is -0.277 e. The number of hydrazone groups is 1. The van der Waals surface area contributed by atoms with E-state index in [2.05, 4.69) is 20.4 Å². The van der Waals surface area contributed by atoms with Crippen LogP contribution in [0.15, 0.2) is 64.5 Å². The maximum atomic E-state index is 12.5. The number of aromatic nitrogens is 4. The van der Waals surface area contributed by atoms with E-state index < -0.39 is 6.04 Å². The Labute approximate surface area is 152 Å². The van der Waals surface area contributed by atoms with Crippen LogP contribution in [0.25, 0.3) is 16.4 Å². The standard InChI is InChI=1S/C19H14N6O2/c26-11-24-16(10-15(22-24)12-6-2-1-3-7-12)18-21-20-17-13-8-4-5-9-14(13)19(27)23-25(17)18/h1-9,11,16H,10H2,(H,23,27). The fraction of sp³-hybridized carbons (Fsp3) is 0.105. The van der Waals surface area contributed by atoms with E-state index in [1.165, 1.54) is 5.01 Å². The van der Waals surface area contributed by atoms with Crippen LogP contribution in [0.4, 0.5) is 0 Å². The first-order chi connectivity index (χ1) is 13.3. The average Bonchev–Trinajstić information content (AvgIpc) is 3.33. The van der Waals surface area contributed by atoms with Gasteiger partial charge in [-0.3, -0.25) is 14.7 Å². The zero-order chi connectivity index (χ0) is 18.4. The SMILES string of the molecule is O=CN1N=C(c2ccccc2)CC1c1nnc2c3ccccc3c(=O)[nH]n12. The Morgan fingerprint density at radius 3 is 2.52 bits per heavy atom. The highest BCUT2D eigenvalue weighted by atomic mass is 16.1. The third-order valence-electron chi connectivity index (χ3n) is 4.77. The number of rotatable bonds is 3. The van der Waals surface area contributed by atoms with Crippen molar-refractivity contribution in [3.63, 3.8) is 0 Å². The number of aromatic amines is 1. The van der Waals surface area contributed by atoms with Gasteiger partial charge < -0.3 is 0 Å². The molecule has 132 valence electrons. The maximum Gasteiger partial charge on any atom is 0.270 e. The number of hydrogen-bond donors (Lipinski definition) is 1. The van der Waals surface area contributed by atoms with Crippen LogP contribution in [-0.4, -0.2) is 36.9 Å². The highest BCUT2D eigenvalue weighted by molar-refractivity contribution is 6.02. The van der Waals surface area contributed by atoms with Gasteiger partial charge in [0.05, 0.1) is 11.1 Å². The summed E-state index contributed by atoms with van der Waals surface area (Å²) in [5, 5.41) is 18.3. The van der Waals surface area contributed by atoms with Crippen molar-refractivity contribution in [1.82, 2.24) is 24.8 Å². The Bertz CT molecular complexity index is 1260. The van der Waals surface area contributed by atoms with Crippen LogP contribution >= 0.6 is 0 Å². The van der Waals surface area contributed by atoms with E-state index in [1.54, 1.807) is 16.6 Å². The normalized spacial score (nSPS) is 16.8. The quantitative estimate of drug-likeness (QED) is 0.566. The molecule has 0 saturated carbocycles. The van der Waals surface area contributed by atoms with Crippen molar-refractivity contribution in [1.29, 1.82) is 0 Å². The highest BCUT2D eigenvalue weighted by Crippen LogP contribution is 2.31. The molecule has 8 nitrogen and oxygen atoms in total. The number of hydrogen-bond acceptors (Lipinski definition) is 5. The van der Waals surface area contributed by atoms with Crippen LogP contribution in [0.1, 0.15) is 23.9 Å². The number of fused-ring (bicyclic) bond motifs is 3. The molecule has 1 aliphatic heterocycles. The molecule has 0 aliphatic carbocycles. The van der Waals surface area contributed by atoms with Crippen molar-refractivity contribution in [2.24, 2.45) is 5.10 Å². The van der Waals surface area contributed by atoms with E-state index in [0.717, 1.165) is 11.3 Å². The molecule has 0 radical (unpaired) electrons. The minimum absolute atomic E-state index is 0.237. The summed E-state index contributed by atoms with van der Waals surface area (Å²) in [7, 11) is 0. The lowest BCUT2D eigenvalue weighted by atomic mass is 10.0. The molecule has 1 atom stereocenters. The van der Waals surface area contributed by atoms with E-state index in [1.807, 2.05) is 42.5 Å². The summed E-state index contributed by atoms with van der Waals surface area (Å²) in [5.74, 6) is 0.467. The molecule has 5 rings (SSSR count). The van der Waals surface area contributed by atoms with Crippen LogP contribution in [0.5, 0.6) is 0 Å². The first-order valence-corrected chi connectivity index (χ1v) is 8.49. The fourth-order valence-electron chi connectivity index (χ4n) is 3.47. The molecule has 27 heavy (non-hydrogen) atoms. The molecule has 0 fully saturated rings. The molecule has 0 spiro atoms. The summed E-state index contributed by atoms with van der Waals surface area (Å²) in [6.07, 6.45) is 1.15. The Hall–Kier alpha value is -3.81. The molecule has 0 saturated heterocycles. The predicted octanol–water partition coefficient (Wildman–Crippen LogP) is 1.88. The van der Waals surface area contributed by atoms with Crippen molar-refractivity contribution in [3.8, 4) is 0 Å². The van der Waals surface area contributed by atoms with Gasteiger partial charge in [-0.2, -0.15) is 5.10 Å².